The Hall–Kier alpha value is -1.65. The lowest BCUT2D eigenvalue weighted by atomic mass is 10.1. The molecule has 0 radical (unpaired) electrons. The molecule has 1 heterocycles. The summed E-state index contributed by atoms with van der Waals surface area (Å²) in [6.07, 6.45) is 0.624. The third kappa shape index (κ3) is 6.95. The van der Waals surface area contributed by atoms with Crippen LogP contribution in [-0.2, 0) is 25.7 Å². The van der Waals surface area contributed by atoms with E-state index < -0.39 is 9.84 Å². The molecule has 11 heteroatoms. The Morgan fingerprint density at radius 3 is 2.57 bits per heavy atom. The summed E-state index contributed by atoms with van der Waals surface area (Å²) in [6, 6.07) is 5.25. The summed E-state index contributed by atoms with van der Waals surface area (Å²) in [5.41, 5.74) is 7.93. The van der Waals surface area contributed by atoms with E-state index in [9.17, 15) is 8.42 Å². The number of benzene rings is 1. The molecule has 1 aromatic heterocycles. The van der Waals surface area contributed by atoms with Gasteiger partial charge in [0.2, 0.25) is 0 Å². The molecule has 8 nitrogen and oxygen atoms in total. The van der Waals surface area contributed by atoms with Crippen molar-refractivity contribution >= 4 is 44.7 Å². The second-order valence-electron chi connectivity index (χ2n) is 6.39. The van der Waals surface area contributed by atoms with Crippen LogP contribution in [-0.4, -0.2) is 63.4 Å². The molecule has 2 aromatic rings. The molecule has 0 aliphatic rings. The van der Waals surface area contributed by atoms with Crippen molar-refractivity contribution in [2.24, 2.45) is 0 Å². The van der Waals surface area contributed by atoms with E-state index in [-0.39, 0.29) is 30.5 Å². The molecule has 3 N–H and O–H groups in total. The first kappa shape index (κ1) is 24.6. The molecule has 0 aliphatic heterocycles. The van der Waals surface area contributed by atoms with Gasteiger partial charge in [-0.3, -0.25) is 0 Å². The molecule has 0 unspecified atom stereocenters. The van der Waals surface area contributed by atoms with Gasteiger partial charge in [0.05, 0.1) is 47.1 Å². The van der Waals surface area contributed by atoms with Gasteiger partial charge in [-0.15, -0.1) is 0 Å². The van der Waals surface area contributed by atoms with Gasteiger partial charge in [-0.1, -0.05) is 42.3 Å². The van der Waals surface area contributed by atoms with Crippen LogP contribution in [0.4, 0.5) is 11.6 Å². The Kier molecular flexibility index (Phi) is 9.57. The maximum absolute atomic E-state index is 11.7. The fourth-order valence-corrected chi connectivity index (χ4v) is 3.98. The predicted molar refractivity (Wildman–Crippen MR) is 121 cm³/mol. The van der Waals surface area contributed by atoms with Crippen LogP contribution in [0.3, 0.4) is 0 Å². The Morgan fingerprint density at radius 1 is 1.13 bits per heavy atom. The van der Waals surface area contributed by atoms with Crippen molar-refractivity contribution < 1.29 is 17.9 Å². The largest absolute Gasteiger partial charge is 0.384 e. The van der Waals surface area contributed by atoms with Crippen LogP contribution < -0.4 is 11.1 Å². The van der Waals surface area contributed by atoms with Crippen molar-refractivity contribution in [2.45, 2.75) is 13.3 Å². The molecule has 0 saturated carbocycles. The fraction of sp³-hybridized carbons (Fsp3) is 0.474. The number of hydrogen-bond acceptors (Lipinski definition) is 8. The lowest BCUT2D eigenvalue weighted by molar-refractivity contribution is 0.159. The highest BCUT2D eigenvalue weighted by molar-refractivity contribution is 7.91. The van der Waals surface area contributed by atoms with E-state index in [1.807, 2.05) is 6.92 Å². The van der Waals surface area contributed by atoms with Gasteiger partial charge in [0.1, 0.15) is 11.5 Å². The monoisotopic (exact) mass is 476 g/mol. The van der Waals surface area contributed by atoms with Crippen LogP contribution in [0.15, 0.2) is 18.2 Å². The number of ether oxygens (including phenoxy) is 2. The molecule has 0 fully saturated rings. The predicted octanol–water partition coefficient (Wildman–Crippen LogP) is 3.08. The Balaban J connectivity index is 1.96. The first-order chi connectivity index (χ1) is 14.3. The minimum Gasteiger partial charge on any atom is -0.384 e. The standard InChI is InChI=1S/C19H26Cl2N4O4S/c1-3-15-19(23-7-8-29-10-12-30(26,27)11-9-28-2)25-18(22)17(24-15)13-5-4-6-14(20)16(13)21/h4-6H,3,7-12H2,1-2H3,(H3,22,23,25). The number of nitrogens with zero attached hydrogens (tertiary/aromatic N) is 2. The van der Waals surface area contributed by atoms with E-state index >= 15 is 0 Å². The molecule has 0 saturated heterocycles. The van der Waals surface area contributed by atoms with E-state index in [0.717, 1.165) is 5.69 Å². The Labute approximate surface area is 187 Å². The van der Waals surface area contributed by atoms with Crippen molar-refractivity contribution in [1.29, 1.82) is 0 Å². The third-order valence-electron chi connectivity index (χ3n) is 4.21. The molecule has 166 valence electrons. The van der Waals surface area contributed by atoms with Gasteiger partial charge in [0, 0.05) is 19.2 Å². The normalized spacial score (nSPS) is 11.6. The fourth-order valence-electron chi connectivity index (χ4n) is 2.60. The lowest BCUT2D eigenvalue weighted by Crippen LogP contribution is -2.20. The number of nitrogens with two attached hydrogens (primary N) is 1. The number of hydrogen-bond donors (Lipinski definition) is 2. The van der Waals surface area contributed by atoms with Gasteiger partial charge in [-0.25, -0.2) is 18.4 Å². The summed E-state index contributed by atoms with van der Waals surface area (Å²) in [5.74, 6) is 0.721. The molecular formula is C19H26Cl2N4O4S. The zero-order valence-corrected chi connectivity index (χ0v) is 19.3. The number of methoxy groups -OCH3 is 1. The Bertz CT molecular complexity index is 958. The van der Waals surface area contributed by atoms with Crippen LogP contribution in [0.1, 0.15) is 12.6 Å². The quantitative estimate of drug-likeness (QED) is 0.448. The molecule has 2 rings (SSSR count). The molecule has 0 spiro atoms. The average Bonchev–Trinajstić information content (AvgIpc) is 2.71. The lowest BCUT2D eigenvalue weighted by Gasteiger charge is -2.14. The Morgan fingerprint density at radius 2 is 1.87 bits per heavy atom. The highest BCUT2D eigenvalue weighted by atomic mass is 35.5. The van der Waals surface area contributed by atoms with E-state index in [2.05, 4.69) is 15.3 Å². The maximum Gasteiger partial charge on any atom is 0.154 e. The van der Waals surface area contributed by atoms with E-state index in [4.69, 9.17) is 38.4 Å². The van der Waals surface area contributed by atoms with Gasteiger partial charge >= 0.3 is 0 Å². The number of aromatic nitrogens is 2. The second-order valence-corrected chi connectivity index (χ2v) is 9.48. The number of sulfone groups is 1. The van der Waals surface area contributed by atoms with Gasteiger partial charge in [-0.2, -0.15) is 0 Å². The summed E-state index contributed by atoms with van der Waals surface area (Å²) in [5, 5.41) is 3.92. The number of anilines is 2. The zero-order valence-electron chi connectivity index (χ0n) is 17.0. The first-order valence-corrected chi connectivity index (χ1v) is 12.0. The van der Waals surface area contributed by atoms with E-state index in [1.165, 1.54) is 7.11 Å². The van der Waals surface area contributed by atoms with Crippen LogP contribution in [0.2, 0.25) is 10.0 Å². The smallest absolute Gasteiger partial charge is 0.154 e. The highest BCUT2D eigenvalue weighted by Crippen LogP contribution is 2.35. The van der Waals surface area contributed by atoms with Crippen LogP contribution in [0.5, 0.6) is 0 Å². The SMILES string of the molecule is CCc1nc(-c2cccc(Cl)c2Cl)c(N)nc1NCCOCCS(=O)(=O)CCOC. The van der Waals surface area contributed by atoms with Crippen molar-refractivity contribution in [3.05, 3.63) is 33.9 Å². The highest BCUT2D eigenvalue weighted by Gasteiger charge is 2.16. The number of aryl methyl sites for hydroxylation is 1. The number of nitrogens with one attached hydrogen (secondary N) is 1. The number of nitrogen functional groups attached to an aromatic ring is 1. The zero-order chi connectivity index (χ0) is 22.1. The first-order valence-electron chi connectivity index (χ1n) is 9.40. The third-order valence-corrected chi connectivity index (χ3v) is 6.61. The van der Waals surface area contributed by atoms with Gasteiger partial charge in [0.25, 0.3) is 0 Å². The second kappa shape index (κ2) is 11.7. The van der Waals surface area contributed by atoms with Gasteiger partial charge < -0.3 is 20.5 Å². The van der Waals surface area contributed by atoms with Crippen molar-refractivity contribution in [3.63, 3.8) is 0 Å². The topological polar surface area (TPSA) is 116 Å². The van der Waals surface area contributed by atoms with Crippen LogP contribution in [0, 0.1) is 0 Å². The molecule has 0 aliphatic carbocycles. The average molecular weight is 477 g/mol. The van der Waals surface area contributed by atoms with Crippen molar-refractivity contribution in [2.75, 3.05) is 56.0 Å². The minimum atomic E-state index is -3.17. The van der Waals surface area contributed by atoms with Crippen LogP contribution in [0.25, 0.3) is 11.3 Å². The maximum atomic E-state index is 11.7. The van der Waals surface area contributed by atoms with Crippen LogP contribution >= 0.6 is 23.2 Å². The number of rotatable bonds is 12. The summed E-state index contributed by atoms with van der Waals surface area (Å²) in [4.78, 5) is 9.03. The summed E-state index contributed by atoms with van der Waals surface area (Å²) < 4.78 is 33.7. The van der Waals surface area contributed by atoms with E-state index in [0.29, 0.717) is 46.7 Å². The molecular weight excluding hydrogens is 451 g/mol. The number of halogens is 2. The van der Waals surface area contributed by atoms with Gasteiger partial charge in [-0.05, 0) is 12.5 Å². The minimum absolute atomic E-state index is 0.0111. The molecule has 0 amide bonds. The van der Waals surface area contributed by atoms with E-state index in [1.54, 1.807) is 18.2 Å². The molecule has 0 bridgehead atoms. The van der Waals surface area contributed by atoms with Crippen molar-refractivity contribution in [3.8, 4) is 11.3 Å². The molecule has 0 atom stereocenters. The van der Waals surface area contributed by atoms with Gasteiger partial charge in [0.15, 0.2) is 15.7 Å². The molecule has 1 aromatic carbocycles. The summed E-state index contributed by atoms with van der Waals surface area (Å²) >= 11 is 12.4. The van der Waals surface area contributed by atoms with Crippen molar-refractivity contribution in [1.82, 2.24) is 9.97 Å². The summed E-state index contributed by atoms with van der Waals surface area (Å²) in [7, 11) is -1.70. The summed E-state index contributed by atoms with van der Waals surface area (Å²) in [6.45, 7) is 2.99. The molecule has 30 heavy (non-hydrogen) atoms.